The Balaban J connectivity index is -0.00000128. The van der Waals surface area contributed by atoms with Crippen molar-refractivity contribution in [3.8, 4) is 0 Å². The van der Waals surface area contributed by atoms with Gasteiger partial charge in [-0.2, -0.15) is 0 Å². The van der Waals surface area contributed by atoms with E-state index in [0.29, 0.717) is 12.5 Å². The molecule has 0 fully saturated rings. The lowest BCUT2D eigenvalue weighted by atomic mass is 10.0. The molecule has 0 aromatic carbocycles. The van der Waals surface area contributed by atoms with Crippen LogP contribution in [0.25, 0.3) is 0 Å². The first kappa shape index (κ1) is 24.0. The van der Waals surface area contributed by atoms with Crippen LogP contribution in [0.3, 0.4) is 0 Å². The smallest absolute Gasteiger partial charge is 0.237 e. The minimum Gasteiger partial charge on any atom is -0.351 e. The van der Waals surface area contributed by atoms with Crippen LogP contribution in [0.5, 0.6) is 0 Å². The van der Waals surface area contributed by atoms with Crippen LogP contribution in [-0.2, 0) is 4.79 Å². The van der Waals surface area contributed by atoms with Gasteiger partial charge >= 0.3 is 0 Å². The summed E-state index contributed by atoms with van der Waals surface area (Å²) < 4.78 is 0. The summed E-state index contributed by atoms with van der Waals surface area (Å²) in [6.45, 7) is 6.79. The van der Waals surface area contributed by atoms with Crippen molar-refractivity contribution >= 4 is 30.7 Å². The summed E-state index contributed by atoms with van der Waals surface area (Å²) in [6.07, 6.45) is 3.21. The molecular weight excluding hydrogens is 285 g/mol. The van der Waals surface area contributed by atoms with Crippen molar-refractivity contribution in [1.29, 1.82) is 0 Å². The Kier molecular flexibility index (Phi) is 16.4. The van der Waals surface area contributed by atoms with E-state index in [2.05, 4.69) is 26.1 Å². The molecule has 0 saturated heterocycles. The fraction of sp³-hybridized carbons (Fsp3) is 0.923. The Labute approximate surface area is 130 Å². The second-order valence-electron chi connectivity index (χ2n) is 5.24. The fourth-order valence-corrected chi connectivity index (χ4v) is 2.12. The van der Waals surface area contributed by atoms with Gasteiger partial charge in [0.05, 0.1) is 6.04 Å². The Bertz CT molecular complexity index is 218. The number of rotatable bonds is 8. The van der Waals surface area contributed by atoms with E-state index in [4.69, 9.17) is 5.73 Å². The summed E-state index contributed by atoms with van der Waals surface area (Å²) in [5.41, 5.74) is 5.69. The second-order valence-corrected chi connectivity index (χ2v) is 5.24. The summed E-state index contributed by atoms with van der Waals surface area (Å²) in [4.78, 5) is 14.1. The lowest BCUT2D eigenvalue weighted by Gasteiger charge is -2.28. The minimum atomic E-state index is -0.0781. The van der Waals surface area contributed by atoms with Crippen LogP contribution in [0, 0.1) is 5.92 Å². The summed E-state index contributed by atoms with van der Waals surface area (Å²) in [5, 5.41) is 3.06. The third-order valence-corrected chi connectivity index (χ3v) is 2.99. The summed E-state index contributed by atoms with van der Waals surface area (Å²) in [7, 11) is 3.88. The molecule has 0 bridgehead atoms. The summed E-state index contributed by atoms with van der Waals surface area (Å²) in [5.74, 6) is 0.395. The maximum absolute atomic E-state index is 12.2. The molecule has 0 spiro atoms. The molecule has 2 unspecified atom stereocenters. The van der Waals surface area contributed by atoms with Crippen LogP contribution in [0.15, 0.2) is 0 Å². The second kappa shape index (κ2) is 13.0. The first-order valence-corrected chi connectivity index (χ1v) is 6.60. The first-order chi connectivity index (χ1) is 7.93. The molecule has 0 aliphatic carbocycles. The van der Waals surface area contributed by atoms with Crippen LogP contribution in [-0.4, -0.2) is 43.5 Å². The maximum Gasteiger partial charge on any atom is 0.237 e. The predicted molar refractivity (Wildman–Crippen MR) is 87.3 cm³/mol. The molecule has 2 atom stereocenters. The third kappa shape index (κ3) is 9.50. The molecule has 0 aromatic rings. The third-order valence-electron chi connectivity index (χ3n) is 2.99. The Morgan fingerprint density at radius 3 is 2.11 bits per heavy atom. The average molecular weight is 316 g/mol. The van der Waals surface area contributed by atoms with Gasteiger partial charge in [-0.25, -0.2) is 0 Å². The number of hydrogen-bond donors (Lipinski definition) is 2. The number of nitrogens with one attached hydrogen (secondary N) is 1. The van der Waals surface area contributed by atoms with E-state index >= 15 is 0 Å². The number of hydrogen-bond acceptors (Lipinski definition) is 3. The van der Waals surface area contributed by atoms with E-state index < -0.39 is 0 Å². The molecule has 118 valence electrons. The van der Waals surface area contributed by atoms with Gasteiger partial charge in [-0.05, 0) is 26.4 Å². The van der Waals surface area contributed by atoms with Crippen molar-refractivity contribution in [3.05, 3.63) is 0 Å². The number of likely N-dealkylation sites (N-methyl/N-ethyl adjacent to an activating group) is 1. The van der Waals surface area contributed by atoms with E-state index in [1.165, 1.54) is 0 Å². The topological polar surface area (TPSA) is 58.4 Å². The largest absolute Gasteiger partial charge is 0.351 e. The van der Waals surface area contributed by atoms with Crippen molar-refractivity contribution in [1.82, 2.24) is 10.2 Å². The van der Waals surface area contributed by atoms with E-state index in [0.717, 1.165) is 19.3 Å². The number of carbonyl (C=O) groups is 1. The van der Waals surface area contributed by atoms with Gasteiger partial charge in [0, 0.05) is 12.6 Å². The van der Waals surface area contributed by atoms with Crippen LogP contribution in [0.2, 0.25) is 0 Å². The highest BCUT2D eigenvalue weighted by Crippen LogP contribution is 2.08. The van der Waals surface area contributed by atoms with Crippen LogP contribution < -0.4 is 11.1 Å². The van der Waals surface area contributed by atoms with E-state index in [-0.39, 0.29) is 42.8 Å². The molecule has 0 aliphatic heterocycles. The molecule has 19 heavy (non-hydrogen) atoms. The summed E-state index contributed by atoms with van der Waals surface area (Å²) >= 11 is 0. The van der Waals surface area contributed by atoms with Gasteiger partial charge in [-0.1, -0.05) is 33.6 Å². The number of unbranched alkanes of at least 4 members (excludes halogenated alkanes) is 1. The molecular formula is C13H31Cl2N3O. The number of halogens is 2. The highest BCUT2D eigenvalue weighted by molar-refractivity contribution is 5.85. The van der Waals surface area contributed by atoms with Gasteiger partial charge in [-0.15, -0.1) is 24.8 Å². The Hall–Kier alpha value is -0.0300. The van der Waals surface area contributed by atoms with Crippen molar-refractivity contribution in [3.63, 3.8) is 0 Å². The minimum absolute atomic E-state index is 0. The molecule has 0 radical (unpaired) electrons. The lowest BCUT2D eigenvalue weighted by molar-refractivity contribution is -0.127. The van der Waals surface area contributed by atoms with Crippen molar-refractivity contribution < 1.29 is 4.79 Å². The Morgan fingerprint density at radius 1 is 1.26 bits per heavy atom. The zero-order chi connectivity index (χ0) is 13.4. The Morgan fingerprint density at radius 2 is 1.79 bits per heavy atom. The highest BCUT2D eigenvalue weighted by atomic mass is 35.5. The maximum atomic E-state index is 12.2. The van der Waals surface area contributed by atoms with E-state index in [1.54, 1.807) is 0 Å². The lowest BCUT2D eigenvalue weighted by Crippen LogP contribution is -2.51. The van der Waals surface area contributed by atoms with E-state index in [1.807, 2.05) is 19.0 Å². The highest BCUT2D eigenvalue weighted by Gasteiger charge is 2.25. The normalized spacial score (nSPS) is 13.5. The number of nitrogens with zero attached hydrogens (tertiary/aromatic N) is 1. The zero-order valence-corrected chi connectivity index (χ0v) is 14.4. The van der Waals surface area contributed by atoms with Crippen molar-refractivity contribution in [2.45, 2.75) is 52.1 Å². The molecule has 0 rings (SSSR count). The molecule has 1 amide bonds. The average Bonchev–Trinajstić information content (AvgIpc) is 2.22. The molecule has 6 heteroatoms. The van der Waals surface area contributed by atoms with Gasteiger partial charge in [0.15, 0.2) is 0 Å². The van der Waals surface area contributed by atoms with Crippen molar-refractivity contribution in [2.75, 3.05) is 20.6 Å². The van der Waals surface area contributed by atoms with Crippen LogP contribution in [0.1, 0.15) is 40.0 Å². The monoisotopic (exact) mass is 315 g/mol. The zero-order valence-electron chi connectivity index (χ0n) is 12.8. The molecule has 0 heterocycles. The van der Waals surface area contributed by atoms with Crippen molar-refractivity contribution in [2.24, 2.45) is 11.7 Å². The number of carbonyl (C=O) groups excluding carboxylic acids is 1. The quantitative estimate of drug-likeness (QED) is 0.720. The van der Waals surface area contributed by atoms with Gasteiger partial charge < -0.3 is 11.1 Å². The van der Waals surface area contributed by atoms with Gasteiger partial charge in [0.2, 0.25) is 5.91 Å². The van der Waals surface area contributed by atoms with Gasteiger partial charge in [0.25, 0.3) is 0 Å². The predicted octanol–water partition coefficient (Wildman–Crippen LogP) is 2.05. The molecule has 3 N–H and O–H groups in total. The fourth-order valence-electron chi connectivity index (χ4n) is 2.12. The number of nitrogens with two attached hydrogens (primary N) is 1. The standard InChI is InChI=1S/C13H29N3O.2ClH/c1-6-7-8-11(9-14)15-13(17)12(10(2)3)16(4)5;;/h10-12H,6-9,14H2,1-5H3,(H,15,17);2*1H. The molecule has 0 saturated carbocycles. The SMILES string of the molecule is CCCCC(CN)NC(=O)C(C(C)C)N(C)C.Cl.Cl. The molecule has 0 aliphatic rings. The van der Waals surface area contributed by atoms with Crippen LogP contribution >= 0.6 is 24.8 Å². The molecule has 0 aromatic heterocycles. The first-order valence-electron chi connectivity index (χ1n) is 6.60. The van der Waals surface area contributed by atoms with Gasteiger partial charge in [-0.3, -0.25) is 9.69 Å². The number of amides is 1. The summed E-state index contributed by atoms with van der Waals surface area (Å²) in [6, 6.07) is 0.0364. The molecule has 4 nitrogen and oxygen atoms in total. The van der Waals surface area contributed by atoms with Gasteiger partial charge in [0.1, 0.15) is 0 Å². The van der Waals surface area contributed by atoms with Crippen LogP contribution in [0.4, 0.5) is 0 Å². The van der Waals surface area contributed by atoms with E-state index in [9.17, 15) is 4.79 Å².